The summed E-state index contributed by atoms with van der Waals surface area (Å²) in [7, 11) is 0. The minimum Gasteiger partial charge on any atom is -0.353 e. The quantitative estimate of drug-likeness (QED) is 0.702. The van der Waals surface area contributed by atoms with E-state index in [0.29, 0.717) is 18.3 Å². The Morgan fingerprint density at radius 1 is 1.04 bits per heavy atom. The van der Waals surface area contributed by atoms with Gasteiger partial charge in [-0.1, -0.05) is 67.6 Å². The van der Waals surface area contributed by atoms with Crippen molar-refractivity contribution in [1.82, 2.24) is 10.6 Å². The number of hydrogen-bond acceptors (Lipinski definition) is 2. The molecular weight excluding hydrogens is 368 g/mol. The maximum absolute atomic E-state index is 12.7. The summed E-state index contributed by atoms with van der Waals surface area (Å²) < 4.78 is 0. The van der Waals surface area contributed by atoms with Gasteiger partial charge in [0.05, 0.1) is 0 Å². The Hall–Kier alpha value is -1.84. The first kappa shape index (κ1) is 22.4. The number of carbonyl (C=O) groups excluding carboxylic acids is 1. The smallest absolute Gasteiger partial charge is 0.220 e. The minimum absolute atomic E-state index is 0. The Balaban J connectivity index is 0.00000280. The predicted molar refractivity (Wildman–Crippen MR) is 119 cm³/mol. The summed E-state index contributed by atoms with van der Waals surface area (Å²) in [4.78, 5) is 12.7. The molecule has 152 valence electrons. The molecule has 1 fully saturated rings. The summed E-state index contributed by atoms with van der Waals surface area (Å²) in [6.07, 6.45) is 3.05. The van der Waals surface area contributed by atoms with Gasteiger partial charge in [0, 0.05) is 18.4 Å². The second-order valence-electron chi connectivity index (χ2n) is 7.94. The Morgan fingerprint density at radius 2 is 1.61 bits per heavy atom. The monoisotopic (exact) mass is 400 g/mol. The standard InChI is InChI=1S/C24H32N2O.ClH/c1-18(22-14-9-15-25-17-22)16-23(27)26-19(2)24(20-10-5-3-6-11-20)21-12-7-4-8-13-21;/h3-8,10-13,18-19,22,24-25H,9,14-17H2,1-2H3,(H,26,27);1H. The van der Waals surface area contributed by atoms with E-state index in [2.05, 4.69) is 73.0 Å². The molecule has 3 rings (SSSR count). The third-order valence-electron chi connectivity index (χ3n) is 5.85. The van der Waals surface area contributed by atoms with Gasteiger partial charge >= 0.3 is 0 Å². The van der Waals surface area contributed by atoms with Crippen LogP contribution in [0, 0.1) is 11.8 Å². The van der Waals surface area contributed by atoms with E-state index < -0.39 is 0 Å². The molecular formula is C24H33ClN2O. The number of amides is 1. The summed E-state index contributed by atoms with van der Waals surface area (Å²) in [5.74, 6) is 1.34. The van der Waals surface area contributed by atoms with Gasteiger partial charge in [-0.25, -0.2) is 0 Å². The van der Waals surface area contributed by atoms with Crippen molar-refractivity contribution >= 4 is 18.3 Å². The van der Waals surface area contributed by atoms with Gasteiger partial charge in [0.15, 0.2) is 0 Å². The molecule has 2 aromatic rings. The molecule has 3 atom stereocenters. The molecule has 0 aliphatic carbocycles. The maximum atomic E-state index is 12.7. The van der Waals surface area contributed by atoms with Crippen molar-refractivity contribution in [2.75, 3.05) is 13.1 Å². The molecule has 2 aromatic carbocycles. The summed E-state index contributed by atoms with van der Waals surface area (Å²) >= 11 is 0. The van der Waals surface area contributed by atoms with Crippen LogP contribution in [0.25, 0.3) is 0 Å². The molecule has 3 nitrogen and oxygen atoms in total. The first-order valence-electron chi connectivity index (χ1n) is 10.2. The second-order valence-corrected chi connectivity index (χ2v) is 7.94. The molecule has 3 unspecified atom stereocenters. The molecule has 0 spiro atoms. The lowest BCUT2D eigenvalue weighted by Crippen LogP contribution is -2.40. The molecule has 0 radical (unpaired) electrons. The van der Waals surface area contributed by atoms with E-state index in [1.165, 1.54) is 24.0 Å². The summed E-state index contributed by atoms with van der Waals surface area (Å²) in [5, 5.41) is 6.75. The van der Waals surface area contributed by atoms with Crippen molar-refractivity contribution < 1.29 is 4.79 Å². The molecule has 0 bridgehead atoms. The maximum Gasteiger partial charge on any atom is 0.220 e. The molecule has 2 N–H and O–H groups in total. The number of nitrogens with one attached hydrogen (secondary N) is 2. The SMILES string of the molecule is CC(CC(=O)NC(C)C(c1ccccc1)c1ccccc1)C1CCCNC1.Cl. The normalized spacial score (nSPS) is 18.8. The molecule has 1 amide bonds. The molecule has 28 heavy (non-hydrogen) atoms. The van der Waals surface area contributed by atoms with Gasteiger partial charge in [-0.15, -0.1) is 12.4 Å². The zero-order chi connectivity index (χ0) is 19.1. The first-order valence-corrected chi connectivity index (χ1v) is 10.2. The van der Waals surface area contributed by atoms with Gasteiger partial charge in [-0.05, 0) is 55.8 Å². The summed E-state index contributed by atoms with van der Waals surface area (Å²) in [6, 6.07) is 21.0. The number of benzene rings is 2. The fourth-order valence-electron chi connectivity index (χ4n) is 4.31. The lowest BCUT2D eigenvalue weighted by molar-refractivity contribution is -0.123. The van der Waals surface area contributed by atoms with Crippen molar-refractivity contribution in [3.8, 4) is 0 Å². The topological polar surface area (TPSA) is 41.1 Å². The van der Waals surface area contributed by atoms with E-state index in [-0.39, 0.29) is 30.3 Å². The third kappa shape index (κ3) is 6.08. The van der Waals surface area contributed by atoms with Crippen molar-refractivity contribution in [1.29, 1.82) is 0 Å². The van der Waals surface area contributed by atoms with Gasteiger partial charge in [0.25, 0.3) is 0 Å². The highest BCUT2D eigenvalue weighted by atomic mass is 35.5. The van der Waals surface area contributed by atoms with Crippen LogP contribution in [0.4, 0.5) is 0 Å². The number of hydrogen-bond donors (Lipinski definition) is 2. The fourth-order valence-corrected chi connectivity index (χ4v) is 4.31. The van der Waals surface area contributed by atoms with Crippen LogP contribution in [0.15, 0.2) is 60.7 Å². The lowest BCUT2D eigenvalue weighted by atomic mass is 9.84. The van der Waals surface area contributed by atoms with Gasteiger partial charge in [-0.2, -0.15) is 0 Å². The largest absolute Gasteiger partial charge is 0.353 e. The summed E-state index contributed by atoms with van der Waals surface area (Å²) in [6.45, 7) is 6.49. The molecule has 0 aromatic heterocycles. The predicted octanol–water partition coefficient (Wildman–Crippen LogP) is 4.77. The Kier molecular flexibility index (Phi) is 9.01. The van der Waals surface area contributed by atoms with Gasteiger partial charge in [0.2, 0.25) is 5.91 Å². The van der Waals surface area contributed by atoms with E-state index in [0.717, 1.165) is 13.1 Å². The van der Waals surface area contributed by atoms with E-state index >= 15 is 0 Å². The highest BCUT2D eigenvalue weighted by Crippen LogP contribution is 2.28. The lowest BCUT2D eigenvalue weighted by Gasteiger charge is -2.30. The van der Waals surface area contributed by atoms with Crippen LogP contribution in [0.2, 0.25) is 0 Å². The Morgan fingerprint density at radius 3 is 2.11 bits per heavy atom. The average Bonchev–Trinajstić information content (AvgIpc) is 2.70. The number of halogens is 1. The van der Waals surface area contributed by atoms with Crippen molar-refractivity contribution in [3.05, 3.63) is 71.8 Å². The molecule has 1 saturated heterocycles. The molecule has 1 heterocycles. The number of carbonyl (C=O) groups is 1. The number of rotatable bonds is 7. The summed E-state index contributed by atoms with van der Waals surface area (Å²) in [5.41, 5.74) is 2.47. The van der Waals surface area contributed by atoms with Crippen LogP contribution in [0.3, 0.4) is 0 Å². The third-order valence-corrected chi connectivity index (χ3v) is 5.85. The van der Waals surface area contributed by atoms with E-state index in [1.54, 1.807) is 0 Å². The van der Waals surface area contributed by atoms with Crippen molar-refractivity contribution in [2.24, 2.45) is 11.8 Å². The van der Waals surface area contributed by atoms with Crippen LogP contribution in [0.1, 0.15) is 50.2 Å². The van der Waals surface area contributed by atoms with Gasteiger partial charge in [-0.3, -0.25) is 4.79 Å². The van der Waals surface area contributed by atoms with E-state index in [4.69, 9.17) is 0 Å². The first-order chi connectivity index (χ1) is 13.1. The van der Waals surface area contributed by atoms with E-state index in [1.807, 2.05) is 12.1 Å². The number of piperidine rings is 1. The van der Waals surface area contributed by atoms with Crippen LogP contribution in [-0.2, 0) is 4.79 Å². The highest BCUT2D eigenvalue weighted by Gasteiger charge is 2.25. The molecule has 1 aliphatic heterocycles. The van der Waals surface area contributed by atoms with Crippen LogP contribution in [-0.4, -0.2) is 25.0 Å². The highest BCUT2D eigenvalue weighted by molar-refractivity contribution is 5.85. The minimum atomic E-state index is 0. The Labute approximate surface area is 175 Å². The zero-order valence-corrected chi connectivity index (χ0v) is 17.8. The fraction of sp³-hybridized carbons (Fsp3) is 0.458. The van der Waals surface area contributed by atoms with Gasteiger partial charge < -0.3 is 10.6 Å². The Bertz CT molecular complexity index is 662. The molecule has 0 saturated carbocycles. The van der Waals surface area contributed by atoms with Crippen molar-refractivity contribution in [3.63, 3.8) is 0 Å². The molecule has 4 heteroatoms. The van der Waals surface area contributed by atoms with E-state index in [9.17, 15) is 4.79 Å². The second kappa shape index (κ2) is 11.2. The average molecular weight is 401 g/mol. The van der Waals surface area contributed by atoms with Gasteiger partial charge in [0.1, 0.15) is 0 Å². The van der Waals surface area contributed by atoms with Crippen LogP contribution in [0.5, 0.6) is 0 Å². The molecule has 1 aliphatic rings. The van der Waals surface area contributed by atoms with Crippen molar-refractivity contribution in [2.45, 2.75) is 45.1 Å². The zero-order valence-electron chi connectivity index (χ0n) is 16.9. The van der Waals surface area contributed by atoms with Crippen LogP contribution < -0.4 is 10.6 Å². The van der Waals surface area contributed by atoms with Crippen LogP contribution >= 0.6 is 12.4 Å².